The van der Waals surface area contributed by atoms with Crippen LogP contribution >= 0.6 is 0 Å². The summed E-state index contributed by atoms with van der Waals surface area (Å²) >= 11 is 0. The molecule has 174 valence electrons. The maximum atomic E-state index is 12.7. The Hall–Kier alpha value is -3.62. The Balaban J connectivity index is 1.54. The molecule has 0 atom stereocenters. The van der Waals surface area contributed by atoms with Crippen LogP contribution in [0.25, 0.3) is 11.1 Å². The van der Waals surface area contributed by atoms with Gasteiger partial charge in [-0.2, -0.15) is 13.2 Å². The summed E-state index contributed by atoms with van der Waals surface area (Å²) in [6.45, 7) is 2.89. The van der Waals surface area contributed by atoms with Crippen LogP contribution in [0.2, 0.25) is 0 Å². The summed E-state index contributed by atoms with van der Waals surface area (Å²) in [5.74, 6) is 0.0740. The molecular formula is C24H25F3N4O2. The number of nitrogens with zero attached hydrogens (tertiary/aromatic N) is 1. The number of hydrogen-bond acceptors (Lipinski definition) is 4. The average molecular weight is 458 g/mol. The second-order valence-electron chi connectivity index (χ2n) is 7.74. The number of anilines is 1. The van der Waals surface area contributed by atoms with E-state index in [1.165, 1.54) is 12.1 Å². The highest BCUT2D eigenvalue weighted by molar-refractivity contribution is 5.94. The predicted molar refractivity (Wildman–Crippen MR) is 121 cm³/mol. The van der Waals surface area contributed by atoms with Crippen molar-refractivity contribution in [2.24, 2.45) is 0 Å². The lowest BCUT2D eigenvalue weighted by molar-refractivity contribution is -0.137. The van der Waals surface area contributed by atoms with Crippen molar-refractivity contribution in [2.45, 2.75) is 32.4 Å². The van der Waals surface area contributed by atoms with Crippen molar-refractivity contribution in [1.82, 2.24) is 10.2 Å². The van der Waals surface area contributed by atoms with Crippen molar-refractivity contribution >= 4 is 23.2 Å². The maximum absolute atomic E-state index is 12.7. The minimum Gasteiger partial charge on any atom is -0.371 e. The van der Waals surface area contributed by atoms with Crippen molar-refractivity contribution in [1.29, 1.82) is 5.41 Å². The highest BCUT2D eigenvalue weighted by Gasteiger charge is 2.30. The number of hydrogen-bond donors (Lipinski definition) is 3. The van der Waals surface area contributed by atoms with Crippen molar-refractivity contribution in [2.75, 3.05) is 18.4 Å². The fourth-order valence-corrected chi connectivity index (χ4v) is 3.44. The van der Waals surface area contributed by atoms with Crippen LogP contribution in [0.4, 0.5) is 18.9 Å². The molecule has 2 aromatic carbocycles. The van der Waals surface area contributed by atoms with Crippen molar-refractivity contribution in [3.8, 4) is 11.1 Å². The van der Waals surface area contributed by atoms with Crippen LogP contribution in [0.15, 0.2) is 60.4 Å². The van der Waals surface area contributed by atoms with E-state index in [2.05, 4.69) is 10.6 Å². The molecule has 3 N–H and O–H groups in total. The molecule has 0 unspecified atom stereocenters. The first kappa shape index (κ1) is 24.0. The first-order valence-electron chi connectivity index (χ1n) is 10.5. The van der Waals surface area contributed by atoms with E-state index in [0.717, 1.165) is 30.7 Å². The Morgan fingerprint density at radius 2 is 1.67 bits per heavy atom. The van der Waals surface area contributed by atoms with Gasteiger partial charge in [-0.25, -0.2) is 0 Å². The van der Waals surface area contributed by atoms with E-state index in [4.69, 9.17) is 5.41 Å². The third-order valence-electron chi connectivity index (χ3n) is 5.09. The van der Waals surface area contributed by atoms with Gasteiger partial charge in [-0.3, -0.25) is 14.5 Å². The number of carbonyl (C=O) groups excluding carboxylic acids is 2. The number of halogens is 3. The zero-order valence-corrected chi connectivity index (χ0v) is 18.1. The van der Waals surface area contributed by atoms with Gasteiger partial charge in [0.05, 0.1) is 5.56 Å². The lowest BCUT2D eigenvalue weighted by atomic mass is 10.0. The third-order valence-corrected chi connectivity index (χ3v) is 5.09. The van der Waals surface area contributed by atoms with Gasteiger partial charge in [0, 0.05) is 37.3 Å². The monoisotopic (exact) mass is 458 g/mol. The van der Waals surface area contributed by atoms with Gasteiger partial charge in [-0.15, -0.1) is 0 Å². The van der Waals surface area contributed by atoms with Gasteiger partial charge < -0.3 is 16.0 Å². The summed E-state index contributed by atoms with van der Waals surface area (Å²) in [6, 6.07) is 11.6. The summed E-state index contributed by atoms with van der Waals surface area (Å²) in [4.78, 5) is 26.4. The number of benzene rings is 2. The molecule has 0 radical (unpaired) electrons. The van der Waals surface area contributed by atoms with Crippen molar-refractivity contribution in [3.63, 3.8) is 0 Å². The molecule has 33 heavy (non-hydrogen) atoms. The van der Waals surface area contributed by atoms with Crippen LogP contribution in [0, 0.1) is 5.41 Å². The molecule has 0 saturated carbocycles. The van der Waals surface area contributed by atoms with Crippen LogP contribution in [-0.2, 0) is 15.8 Å². The maximum Gasteiger partial charge on any atom is 0.416 e. The van der Waals surface area contributed by atoms with Crippen LogP contribution in [0.1, 0.15) is 31.7 Å². The summed E-state index contributed by atoms with van der Waals surface area (Å²) in [5, 5.41) is 13.4. The molecule has 2 amide bonds. The van der Waals surface area contributed by atoms with Crippen LogP contribution in [0.5, 0.6) is 0 Å². The largest absolute Gasteiger partial charge is 0.416 e. The number of carbonyl (C=O) groups is 2. The molecule has 9 heteroatoms. The second kappa shape index (κ2) is 10.3. The summed E-state index contributed by atoms with van der Waals surface area (Å²) in [6.07, 6.45) is -1.96. The minimum absolute atomic E-state index is 0.00679. The summed E-state index contributed by atoms with van der Waals surface area (Å²) in [5.41, 5.74) is 1.50. The van der Waals surface area contributed by atoms with Crippen LogP contribution in [-0.4, -0.2) is 35.5 Å². The zero-order chi connectivity index (χ0) is 24.0. The second-order valence-corrected chi connectivity index (χ2v) is 7.74. The summed E-state index contributed by atoms with van der Waals surface area (Å²) in [7, 11) is 0. The normalized spacial score (nSPS) is 15.2. The molecule has 0 aromatic heterocycles. The molecule has 1 aliphatic heterocycles. The van der Waals surface area contributed by atoms with Gasteiger partial charge in [-0.1, -0.05) is 24.3 Å². The van der Waals surface area contributed by atoms with Crippen LogP contribution in [0.3, 0.4) is 0 Å². The highest BCUT2D eigenvalue weighted by Crippen LogP contribution is 2.31. The van der Waals surface area contributed by atoms with Gasteiger partial charge in [0.2, 0.25) is 11.8 Å². The number of rotatable bonds is 6. The van der Waals surface area contributed by atoms with Gasteiger partial charge in [0.25, 0.3) is 0 Å². The van der Waals surface area contributed by atoms with Gasteiger partial charge in [0.15, 0.2) is 0 Å². The smallest absolute Gasteiger partial charge is 0.371 e. The Bertz CT molecular complexity index is 1040. The van der Waals surface area contributed by atoms with E-state index in [0.29, 0.717) is 29.3 Å². The third kappa shape index (κ3) is 6.68. The Labute approximate surface area is 190 Å². The molecule has 3 rings (SSSR count). The lowest BCUT2D eigenvalue weighted by Gasteiger charge is -2.31. The lowest BCUT2D eigenvalue weighted by Crippen LogP contribution is -2.43. The molecule has 0 spiro atoms. The number of alkyl halides is 3. The van der Waals surface area contributed by atoms with E-state index in [1.54, 1.807) is 42.2 Å². The number of nitrogens with one attached hydrogen (secondary N) is 3. The minimum atomic E-state index is -4.38. The zero-order valence-electron chi connectivity index (χ0n) is 18.1. The Morgan fingerprint density at radius 1 is 1.06 bits per heavy atom. The van der Waals surface area contributed by atoms with Gasteiger partial charge in [-0.05, 0) is 54.8 Å². The van der Waals surface area contributed by atoms with Crippen molar-refractivity contribution < 1.29 is 22.8 Å². The molecule has 0 bridgehead atoms. The summed E-state index contributed by atoms with van der Waals surface area (Å²) < 4.78 is 38.1. The average Bonchev–Trinajstić information content (AvgIpc) is 2.77. The van der Waals surface area contributed by atoms with E-state index in [-0.39, 0.29) is 24.7 Å². The molecular weight excluding hydrogens is 433 g/mol. The van der Waals surface area contributed by atoms with Crippen LogP contribution < -0.4 is 10.6 Å². The Kier molecular flexibility index (Phi) is 7.52. The fraction of sp³-hybridized carbons (Fsp3) is 0.292. The Morgan fingerprint density at radius 3 is 2.24 bits per heavy atom. The highest BCUT2D eigenvalue weighted by atomic mass is 19.4. The fourth-order valence-electron chi connectivity index (χ4n) is 3.44. The van der Waals surface area contributed by atoms with E-state index >= 15 is 0 Å². The molecule has 6 nitrogen and oxygen atoms in total. The SMILES string of the molecule is CC(=N)/C=C1\NCCCN1C(=O)CCC(=O)Nc1ccc(-c2ccc(C(F)(F)F)cc2)cc1. The van der Waals surface area contributed by atoms with Crippen molar-refractivity contribution in [3.05, 3.63) is 66.0 Å². The number of amides is 2. The number of allylic oxidation sites excluding steroid dienone is 1. The first-order chi connectivity index (χ1) is 15.6. The van der Waals surface area contributed by atoms with E-state index in [9.17, 15) is 22.8 Å². The topological polar surface area (TPSA) is 85.3 Å². The molecule has 1 heterocycles. The van der Waals surface area contributed by atoms with E-state index < -0.39 is 11.7 Å². The molecule has 1 fully saturated rings. The van der Waals surface area contributed by atoms with Gasteiger partial charge in [0.1, 0.15) is 5.82 Å². The molecule has 1 aliphatic rings. The molecule has 0 aliphatic carbocycles. The van der Waals surface area contributed by atoms with E-state index in [1.807, 2.05) is 0 Å². The molecule has 1 saturated heterocycles. The predicted octanol–water partition coefficient (Wildman–Crippen LogP) is 4.79. The molecule has 2 aromatic rings. The first-order valence-corrected chi connectivity index (χ1v) is 10.5. The van der Waals surface area contributed by atoms with Gasteiger partial charge >= 0.3 is 6.18 Å². The quantitative estimate of drug-likeness (QED) is 0.544. The standard InChI is InChI=1S/C24H25F3N4O2/c1-16(28)15-21-29-13-2-14-31(21)23(33)12-11-22(32)30-20-9-5-18(6-10-20)17-3-7-19(8-4-17)24(25,26)27/h3-10,15,28-29H,2,11-14H2,1H3,(H,30,32)/b21-15+,28-16?.